The summed E-state index contributed by atoms with van der Waals surface area (Å²) in [5, 5.41) is 11.7. The van der Waals surface area contributed by atoms with Gasteiger partial charge in [0.2, 0.25) is 0 Å². The van der Waals surface area contributed by atoms with Crippen LogP contribution in [0.1, 0.15) is 22.5 Å². The van der Waals surface area contributed by atoms with E-state index < -0.39 is 9.84 Å². The average molecular weight is 395 g/mol. The van der Waals surface area contributed by atoms with Crippen LogP contribution in [0, 0.1) is 6.92 Å². The third-order valence-corrected chi connectivity index (χ3v) is 6.56. The van der Waals surface area contributed by atoms with Crippen LogP contribution in [0.15, 0.2) is 30.3 Å². The normalized spacial score (nSPS) is 18.5. The number of benzene rings is 1. The van der Waals surface area contributed by atoms with Crippen LogP contribution in [0.4, 0.5) is 11.5 Å². The van der Waals surface area contributed by atoms with Gasteiger partial charge in [0, 0.05) is 23.8 Å². The van der Waals surface area contributed by atoms with Crippen molar-refractivity contribution in [3.8, 4) is 0 Å². The Hall–Kier alpha value is -2.19. The number of nitrogens with zero attached hydrogens (tertiary/aromatic N) is 3. The molecule has 7 nitrogen and oxygen atoms in total. The molecule has 2 aromatic rings. The molecule has 1 unspecified atom stereocenters. The minimum absolute atomic E-state index is 0.00348. The summed E-state index contributed by atoms with van der Waals surface area (Å²) >= 11 is 6.09. The molecule has 3 rings (SSSR count). The van der Waals surface area contributed by atoms with E-state index in [1.807, 2.05) is 19.1 Å². The lowest BCUT2D eigenvalue weighted by Gasteiger charge is -2.22. The van der Waals surface area contributed by atoms with Crippen LogP contribution in [0.3, 0.4) is 0 Å². The number of sulfone groups is 1. The Kier molecular flexibility index (Phi) is 5.15. The lowest BCUT2D eigenvalue weighted by atomic mass is 10.2. The maximum absolute atomic E-state index is 12.5. The van der Waals surface area contributed by atoms with Gasteiger partial charge >= 0.3 is 0 Å². The molecule has 26 heavy (non-hydrogen) atoms. The first-order valence-electron chi connectivity index (χ1n) is 8.10. The quantitative estimate of drug-likeness (QED) is 0.856. The molecule has 1 saturated heterocycles. The molecule has 0 spiro atoms. The Balaban J connectivity index is 1.68. The molecule has 0 saturated carbocycles. The van der Waals surface area contributed by atoms with E-state index in [9.17, 15) is 13.2 Å². The number of rotatable bonds is 4. The molecular formula is C17H19ClN4O3S. The van der Waals surface area contributed by atoms with Gasteiger partial charge in [0.25, 0.3) is 5.91 Å². The van der Waals surface area contributed by atoms with E-state index in [4.69, 9.17) is 11.6 Å². The SMILES string of the molecule is Cc1ccc(Nc2ccc(C(=O)N(C)C3CCS(=O)(=O)C3)nn2)cc1Cl. The van der Waals surface area contributed by atoms with Crippen molar-refractivity contribution < 1.29 is 13.2 Å². The van der Waals surface area contributed by atoms with Gasteiger partial charge in [0.1, 0.15) is 0 Å². The summed E-state index contributed by atoms with van der Waals surface area (Å²) in [6.45, 7) is 1.92. The first kappa shape index (κ1) is 18.6. The molecule has 1 fully saturated rings. The number of nitrogens with one attached hydrogen (secondary N) is 1. The van der Waals surface area contributed by atoms with E-state index in [2.05, 4.69) is 15.5 Å². The first-order valence-corrected chi connectivity index (χ1v) is 10.3. The number of carbonyl (C=O) groups is 1. The van der Waals surface area contributed by atoms with Gasteiger partial charge in [-0.05, 0) is 43.2 Å². The van der Waals surface area contributed by atoms with Gasteiger partial charge < -0.3 is 10.2 Å². The number of carbonyl (C=O) groups excluding carboxylic acids is 1. The summed E-state index contributed by atoms with van der Waals surface area (Å²) in [7, 11) is -1.46. The van der Waals surface area contributed by atoms with Crippen molar-refractivity contribution in [2.45, 2.75) is 19.4 Å². The monoisotopic (exact) mass is 394 g/mol. The predicted molar refractivity (Wildman–Crippen MR) is 101 cm³/mol. The molecule has 1 aromatic heterocycles. The standard InChI is InChI=1S/C17H19ClN4O3S/c1-11-3-4-12(9-14(11)18)19-16-6-5-15(20-21-16)17(23)22(2)13-7-8-26(24,25)10-13/h3-6,9,13H,7-8,10H2,1-2H3,(H,19,21). The minimum atomic E-state index is -3.05. The van der Waals surface area contributed by atoms with Gasteiger partial charge in [-0.25, -0.2) is 8.42 Å². The fraction of sp³-hybridized carbons (Fsp3) is 0.353. The van der Waals surface area contributed by atoms with Gasteiger partial charge in [-0.1, -0.05) is 17.7 Å². The van der Waals surface area contributed by atoms with Crippen molar-refractivity contribution in [3.05, 3.63) is 46.6 Å². The molecular weight excluding hydrogens is 376 g/mol. The summed E-state index contributed by atoms with van der Waals surface area (Å²) in [5.41, 5.74) is 1.91. The fourth-order valence-electron chi connectivity index (χ4n) is 2.76. The minimum Gasteiger partial charge on any atom is -0.339 e. The number of halogens is 1. The summed E-state index contributed by atoms with van der Waals surface area (Å²) in [5.74, 6) is 0.247. The van der Waals surface area contributed by atoms with E-state index in [-0.39, 0.29) is 29.1 Å². The highest BCUT2D eigenvalue weighted by atomic mass is 35.5. The van der Waals surface area contributed by atoms with Crippen molar-refractivity contribution in [1.29, 1.82) is 0 Å². The van der Waals surface area contributed by atoms with Crippen LogP contribution in [-0.4, -0.2) is 54.0 Å². The van der Waals surface area contributed by atoms with Crippen LogP contribution in [0.25, 0.3) is 0 Å². The molecule has 1 N–H and O–H groups in total. The molecule has 1 atom stereocenters. The average Bonchev–Trinajstić information content (AvgIpc) is 2.97. The van der Waals surface area contributed by atoms with Crippen LogP contribution < -0.4 is 5.32 Å². The zero-order chi connectivity index (χ0) is 18.9. The van der Waals surface area contributed by atoms with Gasteiger partial charge in [-0.2, -0.15) is 0 Å². The second-order valence-electron chi connectivity index (χ2n) is 6.37. The lowest BCUT2D eigenvalue weighted by molar-refractivity contribution is 0.0740. The van der Waals surface area contributed by atoms with Gasteiger partial charge in [0.05, 0.1) is 11.5 Å². The van der Waals surface area contributed by atoms with E-state index in [0.29, 0.717) is 17.3 Å². The second kappa shape index (κ2) is 7.20. The van der Waals surface area contributed by atoms with Crippen molar-refractivity contribution in [1.82, 2.24) is 15.1 Å². The van der Waals surface area contributed by atoms with Crippen LogP contribution in [-0.2, 0) is 9.84 Å². The van der Waals surface area contributed by atoms with E-state index in [1.54, 1.807) is 25.2 Å². The van der Waals surface area contributed by atoms with Crippen LogP contribution >= 0.6 is 11.6 Å². The molecule has 1 aliphatic heterocycles. The number of aryl methyl sites for hydroxylation is 1. The number of amides is 1. The highest BCUT2D eigenvalue weighted by molar-refractivity contribution is 7.91. The van der Waals surface area contributed by atoms with Gasteiger partial charge in [-0.3, -0.25) is 4.79 Å². The van der Waals surface area contributed by atoms with Crippen molar-refractivity contribution >= 4 is 38.9 Å². The van der Waals surface area contributed by atoms with Crippen LogP contribution in [0.2, 0.25) is 5.02 Å². The third-order valence-electron chi connectivity index (χ3n) is 4.40. The first-order chi connectivity index (χ1) is 12.2. The smallest absolute Gasteiger partial charge is 0.274 e. The number of hydrogen-bond donors (Lipinski definition) is 1. The predicted octanol–water partition coefficient (Wildman–Crippen LogP) is 2.44. The molecule has 0 bridgehead atoms. The van der Waals surface area contributed by atoms with Gasteiger partial charge in [-0.15, -0.1) is 10.2 Å². The molecule has 0 radical (unpaired) electrons. The summed E-state index contributed by atoms with van der Waals surface area (Å²) in [6.07, 6.45) is 0.450. The number of hydrogen-bond acceptors (Lipinski definition) is 6. The highest BCUT2D eigenvalue weighted by Gasteiger charge is 2.33. The number of anilines is 2. The molecule has 1 amide bonds. The van der Waals surface area contributed by atoms with Crippen molar-refractivity contribution in [3.63, 3.8) is 0 Å². The Morgan fingerprint density at radius 2 is 2.04 bits per heavy atom. The molecule has 9 heteroatoms. The van der Waals surface area contributed by atoms with Gasteiger partial charge in [0.15, 0.2) is 21.3 Å². The summed E-state index contributed by atoms with van der Waals surface area (Å²) < 4.78 is 23.2. The summed E-state index contributed by atoms with van der Waals surface area (Å²) in [4.78, 5) is 13.9. The third kappa shape index (κ3) is 4.13. The van der Waals surface area contributed by atoms with E-state index >= 15 is 0 Å². The molecule has 2 heterocycles. The summed E-state index contributed by atoms with van der Waals surface area (Å²) in [6, 6.07) is 8.44. The Bertz CT molecular complexity index is 932. The number of aromatic nitrogens is 2. The molecule has 1 aliphatic rings. The highest BCUT2D eigenvalue weighted by Crippen LogP contribution is 2.22. The Labute approximate surface area is 157 Å². The van der Waals surface area contributed by atoms with Crippen molar-refractivity contribution in [2.75, 3.05) is 23.9 Å². The largest absolute Gasteiger partial charge is 0.339 e. The van der Waals surface area contributed by atoms with Crippen molar-refractivity contribution in [2.24, 2.45) is 0 Å². The second-order valence-corrected chi connectivity index (χ2v) is 9.00. The zero-order valence-corrected chi connectivity index (χ0v) is 16.0. The van der Waals surface area contributed by atoms with E-state index in [1.165, 1.54) is 4.90 Å². The molecule has 0 aliphatic carbocycles. The Morgan fingerprint density at radius 1 is 1.27 bits per heavy atom. The molecule has 138 valence electrons. The zero-order valence-electron chi connectivity index (χ0n) is 14.4. The topological polar surface area (TPSA) is 92.3 Å². The van der Waals surface area contributed by atoms with Crippen LogP contribution in [0.5, 0.6) is 0 Å². The molecule has 1 aromatic carbocycles. The van der Waals surface area contributed by atoms with E-state index in [0.717, 1.165) is 11.3 Å². The lowest BCUT2D eigenvalue weighted by Crippen LogP contribution is -2.38. The maximum atomic E-state index is 12.5. The fourth-order valence-corrected chi connectivity index (χ4v) is 4.71. The Morgan fingerprint density at radius 3 is 2.62 bits per heavy atom. The maximum Gasteiger partial charge on any atom is 0.274 e.